The molecular weight excluding hydrogens is 504 g/mol. The van der Waals surface area contributed by atoms with Crippen molar-refractivity contribution in [1.29, 1.82) is 0 Å². The fraction of sp³-hybridized carbons (Fsp3) is 0.545. The lowest BCUT2D eigenvalue weighted by atomic mass is 10.1. The van der Waals surface area contributed by atoms with Gasteiger partial charge in [0, 0.05) is 18.4 Å². The maximum Gasteiger partial charge on any atom is 0.262 e. The first-order valence-corrected chi connectivity index (χ1v) is 15.9. The Balaban J connectivity index is 1.26. The van der Waals surface area contributed by atoms with Crippen molar-refractivity contribution in [3.63, 3.8) is 0 Å². The molecule has 0 saturated heterocycles. The minimum atomic E-state index is -0.187. The monoisotopic (exact) mass is 552 g/mol. The third-order valence-corrected chi connectivity index (χ3v) is 7.93. The number of carbonyl (C=O) groups is 1. The van der Waals surface area contributed by atoms with Gasteiger partial charge in [-0.3, -0.25) is 4.79 Å². The number of carbonyl (C=O) groups excluding carboxylic acids is 1. The van der Waals surface area contributed by atoms with E-state index < -0.39 is 0 Å². The van der Waals surface area contributed by atoms with Crippen molar-refractivity contribution < 1.29 is 14.3 Å². The van der Waals surface area contributed by atoms with Crippen molar-refractivity contribution in [2.75, 3.05) is 24.4 Å². The zero-order valence-corrected chi connectivity index (χ0v) is 24.9. The summed E-state index contributed by atoms with van der Waals surface area (Å²) in [5.74, 6) is 2.11. The number of para-hydroxylation sites is 2. The fourth-order valence-electron chi connectivity index (χ4n) is 4.69. The molecule has 1 aliphatic rings. The Labute approximate surface area is 240 Å². The smallest absolute Gasteiger partial charge is 0.262 e. The summed E-state index contributed by atoms with van der Waals surface area (Å²) in [6.07, 6.45) is 18.1. The second-order valence-corrected chi connectivity index (χ2v) is 11.7. The van der Waals surface area contributed by atoms with Crippen LogP contribution in [0.5, 0.6) is 11.5 Å². The van der Waals surface area contributed by atoms with Gasteiger partial charge < -0.3 is 19.7 Å². The van der Waals surface area contributed by atoms with Crippen LogP contribution in [0.15, 0.2) is 59.6 Å². The predicted octanol–water partition coefficient (Wildman–Crippen LogP) is 9.15. The van der Waals surface area contributed by atoms with E-state index >= 15 is 0 Å². The van der Waals surface area contributed by atoms with Crippen LogP contribution in [0.3, 0.4) is 0 Å². The lowest BCUT2D eigenvalue weighted by Crippen LogP contribution is -2.20. The molecule has 0 spiro atoms. The number of benzene rings is 2. The third kappa shape index (κ3) is 12.9. The number of anilines is 1. The molecule has 0 aromatic heterocycles. The molecule has 2 aromatic carbocycles. The van der Waals surface area contributed by atoms with Crippen LogP contribution in [0.4, 0.5) is 5.69 Å². The van der Waals surface area contributed by atoms with Crippen molar-refractivity contribution in [1.82, 2.24) is 4.90 Å². The molecule has 1 amide bonds. The number of hydrogen-bond donors (Lipinski definition) is 1. The largest absolute Gasteiger partial charge is 0.490 e. The molecular formula is C33H48N2O3S. The molecule has 5 nitrogen and oxygen atoms in total. The molecule has 6 heteroatoms. The average Bonchev–Trinajstić information content (AvgIpc) is 3.36. The maximum absolute atomic E-state index is 12.5. The number of nitrogens with one attached hydrogen (secondary N) is 1. The van der Waals surface area contributed by atoms with Crippen molar-refractivity contribution in [2.24, 2.45) is 0 Å². The Morgan fingerprint density at radius 1 is 0.821 bits per heavy atom. The summed E-state index contributed by atoms with van der Waals surface area (Å²) in [6, 6.07) is 15.6. The Hall–Kier alpha value is -2.60. The van der Waals surface area contributed by atoms with Gasteiger partial charge in [0.25, 0.3) is 5.91 Å². The average molecular weight is 553 g/mol. The van der Waals surface area contributed by atoms with Crippen molar-refractivity contribution >= 4 is 23.4 Å². The number of allylic oxidation sites excluding steroid dienone is 1. The van der Waals surface area contributed by atoms with Crippen LogP contribution in [0, 0.1) is 0 Å². The van der Waals surface area contributed by atoms with E-state index in [9.17, 15) is 4.79 Å². The van der Waals surface area contributed by atoms with Crippen molar-refractivity contribution in [3.05, 3.63) is 65.2 Å². The number of unbranched alkanes of at least 4 members (excludes halogenated alkanes) is 11. The van der Waals surface area contributed by atoms with Crippen molar-refractivity contribution in [2.45, 2.75) is 97.4 Å². The highest BCUT2D eigenvalue weighted by molar-refractivity contribution is 8.03. The van der Waals surface area contributed by atoms with Crippen LogP contribution in [0.1, 0.15) is 96.5 Å². The van der Waals surface area contributed by atoms with E-state index in [0.717, 1.165) is 24.5 Å². The van der Waals surface area contributed by atoms with Crippen molar-refractivity contribution in [3.8, 4) is 11.5 Å². The van der Waals surface area contributed by atoms with E-state index in [1.807, 2.05) is 48.2 Å². The highest BCUT2D eigenvalue weighted by Gasteiger charge is 2.11. The quantitative estimate of drug-likeness (QED) is 0.166. The van der Waals surface area contributed by atoms with E-state index in [4.69, 9.17) is 9.47 Å². The molecule has 0 aliphatic carbocycles. The van der Waals surface area contributed by atoms with Gasteiger partial charge in [-0.2, -0.15) is 0 Å². The summed E-state index contributed by atoms with van der Waals surface area (Å²) in [5, 5.41) is 2.92. The first kappa shape index (κ1) is 30.9. The summed E-state index contributed by atoms with van der Waals surface area (Å²) < 4.78 is 11.8. The predicted molar refractivity (Wildman–Crippen MR) is 165 cm³/mol. The summed E-state index contributed by atoms with van der Waals surface area (Å²) in [5.41, 5.74) is 1.99. The summed E-state index contributed by atoms with van der Waals surface area (Å²) in [4.78, 5) is 16.1. The second-order valence-electron chi connectivity index (χ2n) is 10.5. The molecule has 0 radical (unpaired) electrons. The van der Waals surface area contributed by atoms with E-state index in [2.05, 4.69) is 42.4 Å². The summed E-state index contributed by atoms with van der Waals surface area (Å²) >= 11 is 1.86. The standard InChI is InChI=1S/C33H48N2O3S/c1-3-4-5-6-7-8-9-10-11-12-13-16-23-37-31-17-14-15-18-32(31)38-26-33(36)34-30-21-19-29(20-22-30)25-35-24-28(2)39-27-35/h14-15,17-22,24H,3-13,16,23,25-27H2,1-2H3,(H,34,36). The second kappa shape index (κ2) is 18.6. The third-order valence-electron chi connectivity index (χ3n) is 6.91. The first-order valence-electron chi connectivity index (χ1n) is 14.9. The Morgan fingerprint density at radius 3 is 2.00 bits per heavy atom. The molecule has 214 valence electrons. The molecule has 0 unspecified atom stereocenters. The summed E-state index contributed by atoms with van der Waals surface area (Å²) in [6.45, 7) is 5.89. The fourth-order valence-corrected chi connectivity index (χ4v) is 5.45. The van der Waals surface area contributed by atoms with Gasteiger partial charge in [-0.05, 0) is 48.1 Å². The molecule has 3 rings (SSSR count). The maximum atomic E-state index is 12.5. The van der Waals surface area contributed by atoms with Gasteiger partial charge in [-0.1, -0.05) is 102 Å². The molecule has 0 saturated carbocycles. The number of thioether (sulfide) groups is 1. The van der Waals surface area contributed by atoms with Crippen LogP contribution in [0.25, 0.3) is 0 Å². The molecule has 1 N–H and O–H groups in total. The van der Waals surface area contributed by atoms with Gasteiger partial charge in [0.1, 0.15) is 0 Å². The number of nitrogens with zero attached hydrogens (tertiary/aromatic N) is 1. The van der Waals surface area contributed by atoms with E-state index in [1.54, 1.807) is 0 Å². The minimum Gasteiger partial charge on any atom is -0.490 e. The topological polar surface area (TPSA) is 50.8 Å². The molecule has 0 fully saturated rings. The lowest BCUT2D eigenvalue weighted by Gasteiger charge is -2.15. The molecule has 1 aliphatic heterocycles. The summed E-state index contributed by atoms with van der Waals surface area (Å²) in [7, 11) is 0. The highest BCUT2D eigenvalue weighted by Crippen LogP contribution is 2.27. The molecule has 1 heterocycles. The van der Waals surface area contributed by atoms with Crippen LogP contribution >= 0.6 is 11.8 Å². The van der Waals surface area contributed by atoms with Gasteiger partial charge in [0.05, 0.1) is 12.5 Å². The number of amides is 1. The normalized spacial score (nSPS) is 12.9. The molecule has 2 aromatic rings. The van der Waals surface area contributed by atoms with E-state index in [0.29, 0.717) is 18.1 Å². The Kier molecular flexibility index (Phi) is 14.8. The molecule has 39 heavy (non-hydrogen) atoms. The van der Waals surface area contributed by atoms with Gasteiger partial charge in [-0.25, -0.2) is 0 Å². The highest BCUT2D eigenvalue weighted by atomic mass is 32.2. The van der Waals surface area contributed by atoms with Crippen LogP contribution in [-0.4, -0.2) is 29.9 Å². The number of rotatable bonds is 20. The van der Waals surface area contributed by atoms with Crippen LogP contribution in [0.2, 0.25) is 0 Å². The zero-order chi connectivity index (χ0) is 27.5. The van der Waals surface area contributed by atoms with Gasteiger partial charge in [0.15, 0.2) is 18.1 Å². The van der Waals surface area contributed by atoms with E-state index in [-0.39, 0.29) is 12.5 Å². The Morgan fingerprint density at radius 2 is 1.41 bits per heavy atom. The Bertz CT molecular complexity index is 993. The first-order chi connectivity index (χ1) is 19.1. The number of ether oxygens (including phenoxy) is 2. The van der Waals surface area contributed by atoms with Crippen LogP contribution < -0.4 is 14.8 Å². The van der Waals surface area contributed by atoms with E-state index in [1.165, 1.54) is 81.1 Å². The van der Waals surface area contributed by atoms with Gasteiger partial charge >= 0.3 is 0 Å². The molecule has 0 atom stereocenters. The zero-order valence-electron chi connectivity index (χ0n) is 24.1. The lowest BCUT2D eigenvalue weighted by molar-refractivity contribution is -0.118. The van der Waals surface area contributed by atoms with Crippen LogP contribution in [-0.2, 0) is 11.3 Å². The van der Waals surface area contributed by atoms with Gasteiger partial charge in [0.2, 0.25) is 0 Å². The number of hydrogen-bond acceptors (Lipinski definition) is 5. The SMILES string of the molecule is CCCCCCCCCCCCCCOc1ccccc1OCC(=O)Nc1ccc(CN2C=C(C)SC2)cc1. The molecule has 0 bridgehead atoms. The van der Waals surface area contributed by atoms with Gasteiger partial charge in [-0.15, -0.1) is 11.8 Å². The minimum absolute atomic E-state index is 0.0597.